The fraction of sp³-hybridized carbons (Fsp3) is 0.444. The molecule has 5 nitrogen and oxygen atoms in total. The fourth-order valence-corrected chi connectivity index (χ4v) is 3.41. The summed E-state index contributed by atoms with van der Waals surface area (Å²) in [5.41, 5.74) is 0.817. The molecule has 1 saturated heterocycles. The molecule has 1 atom stereocenters. The Labute approximate surface area is 147 Å². The van der Waals surface area contributed by atoms with Crippen molar-refractivity contribution in [2.45, 2.75) is 31.7 Å². The number of nitrogens with zero attached hydrogens (tertiary/aromatic N) is 2. The molecule has 0 bridgehead atoms. The van der Waals surface area contributed by atoms with E-state index in [2.05, 4.69) is 10.3 Å². The van der Waals surface area contributed by atoms with Crippen molar-refractivity contribution in [3.63, 3.8) is 0 Å². The highest BCUT2D eigenvalue weighted by molar-refractivity contribution is 6.33. The average Bonchev–Trinajstić information content (AvgIpc) is 3.23. The number of likely N-dealkylation sites (tertiary alicyclic amines) is 1. The van der Waals surface area contributed by atoms with Gasteiger partial charge in [0.15, 0.2) is 11.7 Å². The molecule has 2 aromatic rings. The summed E-state index contributed by atoms with van der Waals surface area (Å²) in [6.07, 6.45) is 4.74. The third-order valence-electron chi connectivity index (χ3n) is 4.38. The number of oxazole rings is 1. The lowest BCUT2D eigenvalue weighted by atomic mass is 10.2. The van der Waals surface area contributed by atoms with Crippen molar-refractivity contribution in [1.82, 2.24) is 15.2 Å². The second-order valence-corrected chi connectivity index (χ2v) is 6.45. The highest BCUT2D eigenvalue weighted by Gasteiger charge is 2.27. The second-order valence-electron chi connectivity index (χ2n) is 6.04. The van der Waals surface area contributed by atoms with Crippen LogP contribution < -0.4 is 5.32 Å². The molecule has 24 heavy (non-hydrogen) atoms. The summed E-state index contributed by atoms with van der Waals surface area (Å²) in [6.45, 7) is 1.70. The van der Waals surface area contributed by atoms with Gasteiger partial charge in [-0.25, -0.2) is 4.98 Å². The van der Waals surface area contributed by atoms with Gasteiger partial charge in [-0.15, -0.1) is 0 Å². The standard InChI is InChI=1S/C18H22ClN3O2/c1-20-11-13-5-4-10-22(13)18(23)9-8-17-21-12-16(24-17)14-6-2-3-7-15(14)19/h2-3,6-7,12-13,20H,4-5,8-11H2,1H3. The summed E-state index contributed by atoms with van der Waals surface area (Å²) >= 11 is 6.17. The maximum atomic E-state index is 12.4. The molecule has 1 aromatic carbocycles. The number of hydrogen-bond acceptors (Lipinski definition) is 4. The number of carbonyl (C=O) groups is 1. The number of nitrogens with one attached hydrogen (secondary N) is 1. The van der Waals surface area contributed by atoms with Gasteiger partial charge in [-0.2, -0.15) is 0 Å². The number of likely N-dealkylation sites (N-methyl/N-ethyl adjacent to an activating group) is 1. The number of aromatic nitrogens is 1. The first-order chi connectivity index (χ1) is 11.7. The van der Waals surface area contributed by atoms with Crippen LogP contribution in [0.15, 0.2) is 34.9 Å². The fourth-order valence-electron chi connectivity index (χ4n) is 3.18. The Hall–Kier alpha value is -1.85. The Morgan fingerprint density at radius 2 is 2.29 bits per heavy atom. The van der Waals surface area contributed by atoms with E-state index >= 15 is 0 Å². The van der Waals surface area contributed by atoms with Crippen molar-refractivity contribution in [2.75, 3.05) is 20.1 Å². The number of benzene rings is 1. The normalized spacial score (nSPS) is 17.4. The number of hydrogen-bond donors (Lipinski definition) is 1. The first kappa shape index (κ1) is 17.0. The van der Waals surface area contributed by atoms with Gasteiger partial charge in [0, 0.05) is 37.5 Å². The van der Waals surface area contributed by atoms with Crippen LogP contribution in [0.1, 0.15) is 25.2 Å². The van der Waals surface area contributed by atoms with E-state index in [0.29, 0.717) is 35.6 Å². The maximum absolute atomic E-state index is 12.4. The van der Waals surface area contributed by atoms with Crippen LogP contribution in [-0.4, -0.2) is 42.0 Å². The Bertz CT molecular complexity index is 701. The van der Waals surface area contributed by atoms with Gasteiger partial charge in [-0.1, -0.05) is 23.7 Å². The van der Waals surface area contributed by atoms with Gasteiger partial charge < -0.3 is 14.6 Å². The van der Waals surface area contributed by atoms with Crippen LogP contribution in [0, 0.1) is 0 Å². The molecule has 0 saturated carbocycles. The molecule has 1 amide bonds. The summed E-state index contributed by atoms with van der Waals surface area (Å²) in [7, 11) is 1.92. The van der Waals surface area contributed by atoms with Crippen LogP contribution in [0.25, 0.3) is 11.3 Å². The van der Waals surface area contributed by atoms with Gasteiger partial charge in [0.2, 0.25) is 5.91 Å². The highest BCUT2D eigenvalue weighted by atomic mass is 35.5. The highest BCUT2D eigenvalue weighted by Crippen LogP contribution is 2.28. The topological polar surface area (TPSA) is 58.4 Å². The zero-order valence-electron chi connectivity index (χ0n) is 13.8. The summed E-state index contributed by atoms with van der Waals surface area (Å²) in [4.78, 5) is 18.7. The number of aryl methyl sites for hydroxylation is 1. The molecule has 6 heteroatoms. The van der Waals surface area contributed by atoms with Crippen molar-refractivity contribution >= 4 is 17.5 Å². The Balaban J connectivity index is 1.59. The number of amides is 1. The van der Waals surface area contributed by atoms with Crippen LogP contribution in [0.5, 0.6) is 0 Å². The lowest BCUT2D eigenvalue weighted by Gasteiger charge is -2.24. The molecule has 1 fully saturated rings. The molecular weight excluding hydrogens is 326 g/mol. The molecule has 1 aromatic heterocycles. The summed E-state index contributed by atoms with van der Waals surface area (Å²) in [6, 6.07) is 7.80. The van der Waals surface area contributed by atoms with Crippen LogP contribution in [-0.2, 0) is 11.2 Å². The zero-order valence-corrected chi connectivity index (χ0v) is 14.6. The third kappa shape index (κ3) is 3.79. The molecule has 0 spiro atoms. The van der Waals surface area contributed by atoms with Gasteiger partial charge in [0.1, 0.15) is 0 Å². The van der Waals surface area contributed by atoms with E-state index in [1.807, 2.05) is 36.2 Å². The molecular formula is C18H22ClN3O2. The lowest BCUT2D eigenvalue weighted by Crippen LogP contribution is -2.40. The molecule has 1 aliphatic heterocycles. The average molecular weight is 348 g/mol. The first-order valence-corrected chi connectivity index (χ1v) is 8.70. The molecule has 3 rings (SSSR count). The quantitative estimate of drug-likeness (QED) is 0.872. The van der Waals surface area contributed by atoms with Gasteiger partial charge in [-0.05, 0) is 32.0 Å². The van der Waals surface area contributed by atoms with E-state index in [1.165, 1.54) is 0 Å². The van der Waals surface area contributed by atoms with Crippen LogP contribution in [0.4, 0.5) is 0 Å². The maximum Gasteiger partial charge on any atom is 0.223 e. The second kappa shape index (κ2) is 7.81. The van der Waals surface area contributed by atoms with Crippen molar-refractivity contribution in [1.29, 1.82) is 0 Å². The van der Waals surface area contributed by atoms with E-state index in [1.54, 1.807) is 6.20 Å². The summed E-state index contributed by atoms with van der Waals surface area (Å²) in [5.74, 6) is 1.38. The van der Waals surface area contributed by atoms with Crippen molar-refractivity contribution in [3.05, 3.63) is 41.4 Å². The minimum Gasteiger partial charge on any atom is -0.441 e. The first-order valence-electron chi connectivity index (χ1n) is 8.32. The molecule has 2 heterocycles. The predicted octanol–water partition coefficient (Wildman–Crippen LogP) is 3.14. The van der Waals surface area contributed by atoms with Crippen LogP contribution in [0.3, 0.4) is 0 Å². The summed E-state index contributed by atoms with van der Waals surface area (Å²) in [5, 5.41) is 3.79. The smallest absolute Gasteiger partial charge is 0.223 e. The van der Waals surface area contributed by atoms with Gasteiger partial charge in [-0.3, -0.25) is 4.79 Å². The molecule has 1 N–H and O–H groups in total. The SMILES string of the molecule is CNCC1CCCN1C(=O)CCc1ncc(-c2ccccc2Cl)o1. The largest absolute Gasteiger partial charge is 0.441 e. The van der Waals surface area contributed by atoms with Crippen molar-refractivity contribution < 1.29 is 9.21 Å². The van der Waals surface area contributed by atoms with Gasteiger partial charge in [0.05, 0.1) is 11.2 Å². The van der Waals surface area contributed by atoms with E-state index < -0.39 is 0 Å². The minimum absolute atomic E-state index is 0.172. The zero-order chi connectivity index (χ0) is 16.9. The minimum atomic E-state index is 0.172. The molecule has 1 aliphatic rings. The molecule has 128 valence electrons. The molecule has 0 aliphatic carbocycles. The van der Waals surface area contributed by atoms with Crippen LogP contribution in [0.2, 0.25) is 5.02 Å². The third-order valence-corrected chi connectivity index (χ3v) is 4.71. The van der Waals surface area contributed by atoms with Crippen molar-refractivity contribution in [2.24, 2.45) is 0 Å². The lowest BCUT2D eigenvalue weighted by molar-refractivity contribution is -0.131. The van der Waals surface area contributed by atoms with Gasteiger partial charge in [0.25, 0.3) is 0 Å². The Kier molecular flexibility index (Phi) is 5.53. The monoisotopic (exact) mass is 347 g/mol. The Morgan fingerprint density at radius 3 is 3.08 bits per heavy atom. The molecule has 1 unspecified atom stereocenters. The number of halogens is 1. The summed E-state index contributed by atoms with van der Waals surface area (Å²) < 4.78 is 5.76. The van der Waals surface area contributed by atoms with Crippen molar-refractivity contribution in [3.8, 4) is 11.3 Å². The molecule has 0 radical (unpaired) electrons. The van der Waals surface area contributed by atoms with E-state index in [-0.39, 0.29) is 5.91 Å². The van der Waals surface area contributed by atoms with E-state index in [4.69, 9.17) is 16.0 Å². The van der Waals surface area contributed by atoms with E-state index in [0.717, 1.165) is 31.5 Å². The predicted molar refractivity (Wildman–Crippen MR) is 93.9 cm³/mol. The number of carbonyl (C=O) groups excluding carboxylic acids is 1. The Morgan fingerprint density at radius 1 is 1.46 bits per heavy atom. The van der Waals surface area contributed by atoms with Crippen LogP contribution >= 0.6 is 11.6 Å². The van der Waals surface area contributed by atoms with Gasteiger partial charge >= 0.3 is 0 Å². The number of rotatable bonds is 6. The van der Waals surface area contributed by atoms with E-state index in [9.17, 15) is 4.79 Å².